The van der Waals surface area contributed by atoms with Crippen LogP contribution in [-0.2, 0) is 0 Å². The molecule has 0 bridgehead atoms. The van der Waals surface area contributed by atoms with E-state index < -0.39 is 0 Å². The first-order chi connectivity index (χ1) is 7.27. The highest BCUT2D eigenvalue weighted by molar-refractivity contribution is 6.31. The van der Waals surface area contributed by atoms with Crippen LogP contribution in [0.15, 0.2) is 18.2 Å². The molecule has 4 heteroatoms. The number of nitrogens with two attached hydrogens (primary N) is 1. The molecule has 0 unspecified atom stereocenters. The van der Waals surface area contributed by atoms with Crippen molar-refractivity contribution >= 4 is 23.0 Å². The van der Waals surface area contributed by atoms with Gasteiger partial charge in [-0.05, 0) is 31.0 Å². The lowest BCUT2D eigenvalue weighted by atomic mass is 10.2. The van der Waals surface area contributed by atoms with Gasteiger partial charge in [-0.3, -0.25) is 0 Å². The zero-order valence-electron chi connectivity index (χ0n) is 9.26. The smallest absolute Gasteiger partial charge is 0.0600 e. The van der Waals surface area contributed by atoms with Crippen LogP contribution in [0.5, 0.6) is 0 Å². The number of benzene rings is 1. The summed E-state index contributed by atoms with van der Waals surface area (Å²) < 4.78 is 0. The molecule has 2 N–H and O–H groups in total. The lowest BCUT2D eigenvalue weighted by molar-refractivity contribution is -0.00000299. The van der Waals surface area contributed by atoms with Crippen LogP contribution in [0.4, 0.5) is 11.4 Å². The lowest BCUT2D eigenvalue weighted by Gasteiger charge is -2.24. The highest BCUT2D eigenvalue weighted by atomic mass is 35.5. The third-order valence-corrected chi connectivity index (χ3v) is 3.17. The molecule has 16 heavy (non-hydrogen) atoms. The Kier molecular flexibility index (Phi) is 5.23. The SMILES string of the molecule is Nc1cc(Cl)ccc1N1CCCCCC1.[Cl-]. The van der Waals surface area contributed by atoms with Gasteiger partial charge in [0.1, 0.15) is 0 Å². The number of rotatable bonds is 1. The van der Waals surface area contributed by atoms with E-state index in [1.807, 2.05) is 18.2 Å². The molecular formula is C12H17Cl2N2-. The van der Waals surface area contributed by atoms with Gasteiger partial charge in [0.25, 0.3) is 0 Å². The molecular weight excluding hydrogens is 243 g/mol. The van der Waals surface area contributed by atoms with Crippen LogP contribution >= 0.6 is 11.6 Å². The Balaban J connectivity index is 0.00000128. The van der Waals surface area contributed by atoms with Gasteiger partial charge in [0, 0.05) is 18.1 Å². The quantitative estimate of drug-likeness (QED) is 0.736. The van der Waals surface area contributed by atoms with E-state index in [-0.39, 0.29) is 12.4 Å². The summed E-state index contributed by atoms with van der Waals surface area (Å²) in [5.41, 5.74) is 7.91. The number of halogens is 2. The maximum atomic E-state index is 5.98. The van der Waals surface area contributed by atoms with Gasteiger partial charge in [-0.1, -0.05) is 24.4 Å². The van der Waals surface area contributed by atoms with E-state index >= 15 is 0 Å². The maximum absolute atomic E-state index is 5.98. The van der Waals surface area contributed by atoms with Gasteiger partial charge in [-0.15, -0.1) is 0 Å². The Morgan fingerprint density at radius 2 is 1.69 bits per heavy atom. The summed E-state index contributed by atoms with van der Waals surface area (Å²) in [5, 5.41) is 0.714. The van der Waals surface area contributed by atoms with Gasteiger partial charge >= 0.3 is 0 Å². The van der Waals surface area contributed by atoms with Crippen molar-refractivity contribution in [2.24, 2.45) is 0 Å². The van der Waals surface area contributed by atoms with Crippen LogP contribution in [0.1, 0.15) is 25.7 Å². The average molecular weight is 260 g/mol. The predicted molar refractivity (Wildman–Crippen MR) is 66.5 cm³/mol. The summed E-state index contributed by atoms with van der Waals surface area (Å²) in [4.78, 5) is 2.37. The van der Waals surface area contributed by atoms with Gasteiger partial charge in [-0.25, -0.2) is 0 Å². The Bertz CT molecular complexity index is 334. The van der Waals surface area contributed by atoms with E-state index in [0.29, 0.717) is 5.02 Å². The molecule has 0 aliphatic carbocycles. The second-order valence-corrected chi connectivity index (χ2v) is 4.54. The van der Waals surface area contributed by atoms with Crippen LogP contribution in [0.2, 0.25) is 5.02 Å². The molecule has 1 aromatic carbocycles. The fraction of sp³-hybridized carbons (Fsp3) is 0.500. The molecule has 2 rings (SSSR count). The molecule has 0 aromatic heterocycles. The highest BCUT2D eigenvalue weighted by Crippen LogP contribution is 2.28. The number of anilines is 2. The molecule has 0 amide bonds. The first-order valence-electron chi connectivity index (χ1n) is 5.57. The molecule has 1 aliphatic heterocycles. The third-order valence-electron chi connectivity index (χ3n) is 2.94. The van der Waals surface area contributed by atoms with Crippen molar-refractivity contribution in [3.63, 3.8) is 0 Å². The molecule has 1 aliphatic rings. The van der Waals surface area contributed by atoms with Crippen molar-refractivity contribution in [3.8, 4) is 0 Å². The zero-order chi connectivity index (χ0) is 10.7. The number of hydrogen-bond acceptors (Lipinski definition) is 2. The van der Waals surface area contributed by atoms with Crippen molar-refractivity contribution in [2.75, 3.05) is 23.7 Å². The van der Waals surface area contributed by atoms with Gasteiger partial charge in [0.15, 0.2) is 0 Å². The van der Waals surface area contributed by atoms with Crippen LogP contribution in [0, 0.1) is 0 Å². The van der Waals surface area contributed by atoms with E-state index in [0.717, 1.165) is 24.5 Å². The molecule has 1 heterocycles. The minimum absolute atomic E-state index is 0. The fourth-order valence-electron chi connectivity index (χ4n) is 2.12. The number of nitrogen functional groups attached to an aromatic ring is 1. The molecule has 1 fully saturated rings. The van der Waals surface area contributed by atoms with E-state index in [1.165, 1.54) is 25.7 Å². The van der Waals surface area contributed by atoms with E-state index in [9.17, 15) is 0 Å². The monoisotopic (exact) mass is 259 g/mol. The Morgan fingerprint density at radius 3 is 2.25 bits per heavy atom. The van der Waals surface area contributed by atoms with Crippen molar-refractivity contribution in [2.45, 2.75) is 25.7 Å². The number of nitrogens with zero attached hydrogens (tertiary/aromatic N) is 1. The molecule has 1 saturated heterocycles. The van der Waals surface area contributed by atoms with Gasteiger partial charge in [-0.2, -0.15) is 0 Å². The minimum Gasteiger partial charge on any atom is -1.00 e. The lowest BCUT2D eigenvalue weighted by Crippen LogP contribution is -3.00. The summed E-state index contributed by atoms with van der Waals surface area (Å²) in [6.07, 6.45) is 5.21. The first kappa shape index (κ1) is 13.5. The first-order valence-corrected chi connectivity index (χ1v) is 5.95. The molecule has 90 valence electrons. The molecule has 2 nitrogen and oxygen atoms in total. The Morgan fingerprint density at radius 1 is 1.06 bits per heavy atom. The molecule has 0 saturated carbocycles. The van der Waals surface area contributed by atoms with E-state index in [4.69, 9.17) is 17.3 Å². The van der Waals surface area contributed by atoms with Crippen LogP contribution in [0.3, 0.4) is 0 Å². The second kappa shape index (κ2) is 6.21. The van der Waals surface area contributed by atoms with E-state index in [2.05, 4.69) is 4.90 Å². The summed E-state index contributed by atoms with van der Waals surface area (Å²) in [7, 11) is 0. The summed E-state index contributed by atoms with van der Waals surface area (Å²) in [6, 6.07) is 5.78. The minimum atomic E-state index is 0. The maximum Gasteiger partial charge on any atom is 0.0600 e. The topological polar surface area (TPSA) is 29.3 Å². The molecule has 0 radical (unpaired) electrons. The average Bonchev–Trinajstić information content (AvgIpc) is 2.46. The van der Waals surface area contributed by atoms with Gasteiger partial charge < -0.3 is 23.0 Å². The normalized spacial score (nSPS) is 16.4. The van der Waals surface area contributed by atoms with Crippen molar-refractivity contribution in [3.05, 3.63) is 23.2 Å². The Hall–Kier alpha value is -0.600. The van der Waals surface area contributed by atoms with Gasteiger partial charge in [0.2, 0.25) is 0 Å². The second-order valence-electron chi connectivity index (χ2n) is 4.10. The summed E-state index contributed by atoms with van der Waals surface area (Å²) >= 11 is 5.89. The van der Waals surface area contributed by atoms with Crippen LogP contribution < -0.4 is 23.0 Å². The van der Waals surface area contributed by atoms with Crippen LogP contribution in [0.25, 0.3) is 0 Å². The largest absolute Gasteiger partial charge is 1.00 e. The van der Waals surface area contributed by atoms with Crippen molar-refractivity contribution < 1.29 is 12.4 Å². The van der Waals surface area contributed by atoms with Gasteiger partial charge in [0.05, 0.1) is 11.4 Å². The number of hydrogen-bond donors (Lipinski definition) is 1. The Labute approximate surface area is 108 Å². The fourth-order valence-corrected chi connectivity index (χ4v) is 2.31. The highest BCUT2D eigenvalue weighted by Gasteiger charge is 2.12. The van der Waals surface area contributed by atoms with Crippen LogP contribution in [-0.4, -0.2) is 13.1 Å². The van der Waals surface area contributed by atoms with E-state index in [1.54, 1.807) is 0 Å². The summed E-state index contributed by atoms with van der Waals surface area (Å²) in [6.45, 7) is 2.23. The standard InChI is InChI=1S/C12H17ClN2.ClH/c13-10-5-6-12(11(14)9-10)15-7-3-1-2-4-8-15;/h5-6,9H,1-4,7-8,14H2;1H/p-1. The van der Waals surface area contributed by atoms with Crippen molar-refractivity contribution in [1.29, 1.82) is 0 Å². The zero-order valence-corrected chi connectivity index (χ0v) is 10.8. The molecule has 0 spiro atoms. The molecule has 0 atom stereocenters. The summed E-state index contributed by atoms with van der Waals surface area (Å²) in [5.74, 6) is 0. The molecule has 1 aromatic rings. The predicted octanol–water partition coefficient (Wildman–Crippen LogP) is 0.307. The van der Waals surface area contributed by atoms with Crippen molar-refractivity contribution in [1.82, 2.24) is 0 Å². The third kappa shape index (κ3) is 3.19.